The van der Waals surface area contributed by atoms with Crippen LogP contribution in [0.25, 0.3) is 0 Å². The van der Waals surface area contributed by atoms with E-state index in [9.17, 15) is 9.59 Å². The number of amides is 2. The molecule has 28 heavy (non-hydrogen) atoms. The molecule has 0 atom stereocenters. The van der Waals surface area contributed by atoms with E-state index in [2.05, 4.69) is 15.8 Å². The Kier molecular flexibility index (Phi) is 6.76. The average Bonchev–Trinajstić information content (AvgIpc) is 2.67. The molecule has 0 saturated heterocycles. The number of ether oxygens (including phenoxy) is 2. The van der Waals surface area contributed by atoms with Crippen LogP contribution in [0.3, 0.4) is 0 Å². The normalized spacial score (nSPS) is 11.2. The van der Waals surface area contributed by atoms with Gasteiger partial charge in [-0.25, -0.2) is 5.43 Å². The van der Waals surface area contributed by atoms with Crippen molar-refractivity contribution in [1.29, 1.82) is 0 Å². The fourth-order valence-electron chi connectivity index (χ4n) is 2.17. The SMILES string of the molecule is COc1ccc(/C=N/NC(=O)c2ccc(NC(=O)C(C)(C)C)cc2)c(OC)c1. The molecule has 7 heteroatoms. The van der Waals surface area contributed by atoms with E-state index in [4.69, 9.17) is 9.47 Å². The molecule has 0 bridgehead atoms. The zero-order chi connectivity index (χ0) is 20.7. The highest BCUT2D eigenvalue weighted by atomic mass is 16.5. The summed E-state index contributed by atoms with van der Waals surface area (Å²) >= 11 is 0. The van der Waals surface area contributed by atoms with Crippen LogP contribution in [0.15, 0.2) is 47.6 Å². The van der Waals surface area contributed by atoms with Gasteiger partial charge in [0.25, 0.3) is 5.91 Å². The lowest BCUT2D eigenvalue weighted by atomic mass is 9.95. The maximum absolute atomic E-state index is 12.2. The van der Waals surface area contributed by atoms with Crippen LogP contribution in [0.5, 0.6) is 11.5 Å². The molecule has 0 saturated carbocycles. The smallest absolute Gasteiger partial charge is 0.271 e. The van der Waals surface area contributed by atoms with Gasteiger partial charge in [0.2, 0.25) is 5.91 Å². The second kappa shape index (κ2) is 9.03. The Bertz CT molecular complexity index is 868. The summed E-state index contributed by atoms with van der Waals surface area (Å²) in [6.45, 7) is 5.50. The number of nitrogens with one attached hydrogen (secondary N) is 2. The van der Waals surface area contributed by atoms with Crippen LogP contribution in [0.4, 0.5) is 5.69 Å². The van der Waals surface area contributed by atoms with E-state index in [0.29, 0.717) is 28.3 Å². The zero-order valence-corrected chi connectivity index (χ0v) is 16.7. The number of hydrazone groups is 1. The number of carbonyl (C=O) groups is 2. The fourth-order valence-corrected chi connectivity index (χ4v) is 2.17. The second-order valence-electron chi connectivity index (χ2n) is 7.09. The van der Waals surface area contributed by atoms with Crippen LogP contribution >= 0.6 is 0 Å². The maximum atomic E-state index is 12.2. The van der Waals surface area contributed by atoms with E-state index in [0.717, 1.165) is 0 Å². The number of anilines is 1. The molecule has 0 aliphatic rings. The van der Waals surface area contributed by atoms with Crippen LogP contribution < -0.4 is 20.2 Å². The van der Waals surface area contributed by atoms with Crippen LogP contribution in [-0.4, -0.2) is 32.2 Å². The van der Waals surface area contributed by atoms with E-state index < -0.39 is 5.41 Å². The highest BCUT2D eigenvalue weighted by Crippen LogP contribution is 2.23. The maximum Gasteiger partial charge on any atom is 0.271 e. The highest BCUT2D eigenvalue weighted by molar-refractivity contribution is 5.97. The second-order valence-corrected chi connectivity index (χ2v) is 7.09. The minimum atomic E-state index is -0.493. The number of rotatable bonds is 6. The third-order valence-electron chi connectivity index (χ3n) is 3.90. The Morgan fingerprint density at radius 1 is 1.00 bits per heavy atom. The Morgan fingerprint density at radius 3 is 2.25 bits per heavy atom. The van der Waals surface area contributed by atoms with Gasteiger partial charge in [0.15, 0.2) is 0 Å². The summed E-state index contributed by atoms with van der Waals surface area (Å²) in [5.74, 6) is 0.785. The fraction of sp³-hybridized carbons (Fsp3) is 0.286. The van der Waals surface area contributed by atoms with E-state index in [-0.39, 0.29) is 11.8 Å². The van der Waals surface area contributed by atoms with E-state index in [1.165, 1.54) is 6.21 Å². The highest BCUT2D eigenvalue weighted by Gasteiger charge is 2.21. The molecule has 0 heterocycles. The number of methoxy groups -OCH3 is 2. The minimum absolute atomic E-state index is 0.0947. The number of hydrogen-bond acceptors (Lipinski definition) is 5. The lowest BCUT2D eigenvalue weighted by Gasteiger charge is -2.17. The Balaban J connectivity index is 2.00. The summed E-state index contributed by atoms with van der Waals surface area (Å²) in [4.78, 5) is 24.2. The van der Waals surface area contributed by atoms with Crippen molar-refractivity contribution in [3.8, 4) is 11.5 Å². The average molecular weight is 383 g/mol. The molecule has 2 rings (SSSR count). The summed E-state index contributed by atoms with van der Waals surface area (Å²) in [6.07, 6.45) is 1.49. The first kappa shape index (κ1) is 21.0. The molecule has 0 radical (unpaired) electrons. The van der Waals surface area contributed by atoms with Gasteiger partial charge in [-0.3, -0.25) is 9.59 Å². The van der Waals surface area contributed by atoms with Gasteiger partial charge >= 0.3 is 0 Å². The molecular weight excluding hydrogens is 358 g/mol. The van der Waals surface area contributed by atoms with Gasteiger partial charge in [-0.2, -0.15) is 5.10 Å². The number of nitrogens with zero attached hydrogens (tertiary/aromatic N) is 1. The molecule has 2 aromatic carbocycles. The van der Waals surface area contributed by atoms with Gasteiger partial charge in [-0.15, -0.1) is 0 Å². The van der Waals surface area contributed by atoms with Crippen molar-refractivity contribution < 1.29 is 19.1 Å². The standard InChI is InChI=1S/C21H25N3O4/c1-21(2,3)20(26)23-16-9-6-14(7-10-16)19(25)24-22-13-15-8-11-17(27-4)12-18(15)28-5/h6-13H,1-5H3,(H,23,26)(H,24,25)/b22-13+. The number of benzene rings is 2. The topological polar surface area (TPSA) is 89.0 Å². The van der Waals surface area contributed by atoms with E-state index in [1.807, 2.05) is 20.8 Å². The summed E-state index contributed by atoms with van der Waals surface area (Å²) in [5, 5.41) is 6.78. The molecule has 0 aliphatic carbocycles. The Morgan fingerprint density at radius 2 is 1.68 bits per heavy atom. The molecule has 7 nitrogen and oxygen atoms in total. The molecule has 0 fully saturated rings. The van der Waals surface area contributed by atoms with Crippen LogP contribution in [0, 0.1) is 5.41 Å². The largest absolute Gasteiger partial charge is 0.497 e. The first-order valence-corrected chi connectivity index (χ1v) is 8.71. The van der Waals surface area contributed by atoms with E-state index in [1.54, 1.807) is 56.7 Å². The predicted octanol–water partition coefficient (Wildman–Crippen LogP) is 3.45. The third kappa shape index (κ3) is 5.57. The van der Waals surface area contributed by atoms with Crippen LogP contribution in [0.2, 0.25) is 0 Å². The van der Waals surface area contributed by atoms with Crippen LogP contribution in [0.1, 0.15) is 36.7 Å². The van der Waals surface area contributed by atoms with E-state index >= 15 is 0 Å². The minimum Gasteiger partial charge on any atom is -0.497 e. The first-order valence-electron chi connectivity index (χ1n) is 8.71. The van der Waals surface area contributed by atoms with Crippen molar-refractivity contribution in [2.75, 3.05) is 19.5 Å². The summed E-state index contributed by atoms with van der Waals surface area (Å²) in [7, 11) is 3.12. The lowest BCUT2D eigenvalue weighted by molar-refractivity contribution is -0.123. The molecule has 2 N–H and O–H groups in total. The number of hydrogen-bond donors (Lipinski definition) is 2. The quantitative estimate of drug-likeness (QED) is 0.591. The third-order valence-corrected chi connectivity index (χ3v) is 3.90. The number of carbonyl (C=O) groups excluding carboxylic acids is 2. The van der Waals surface area contributed by atoms with Gasteiger partial charge in [-0.05, 0) is 36.4 Å². The Hall–Kier alpha value is -3.35. The lowest BCUT2D eigenvalue weighted by Crippen LogP contribution is -2.27. The first-order chi connectivity index (χ1) is 13.2. The van der Waals surface area contributed by atoms with Crippen molar-refractivity contribution in [2.24, 2.45) is 10.5 Å². The van der Waals surface area contributed by atoms with Crippen molar-refractivity contribution >= 4 is 23.7 Å². The molecule has 0 aromatic heterocycles. The van der Waals surface area contributed by atoms with Crippen LogP contribution in [-0.2, 0) is 4.79 Å². The molecule has 2 amide bonds. The zero-order valence-electron chi connectivity index (χ0n) is 16.7. The summed E-state index contributed by atoms with van der Waals surface area (Å²) in [6, 6.07) is 11.9. The van der Waals surface area contributed by atoms with Gasteiger partial charge < -0.3 is 14.8 Å². The monoisotopic (exact) mass is 383 g/mol. The Labute approximate surface area is 164 Å². The summed E-state index contributed by atoms with van der Waals surface area (Å²) in [5.41, 5.74) is 3.72. The molecule has 148 valence electrons. The summed E-state index contributed by atoms with van der Waals surface area (Å²) < 4.78 is 10.4. The molecular formula is C21H25N3O4. The molecule has 0 aliphatic heterocycles. The van der Waals surface area contributed by atoms with Gasteiger partial charge in [-0.1, -0.05) is 20.8 Å². The van der Waals surface area contributed by atoms with Gasteiger partial charge in [0, 0.05) is 28.3 Å². The van der Waals surface area contributed by atoms with Crippen molar-refractivity contribution in [3.05, 3.63) is 53.6 Å². The predicted molar refractivity (Wildman–Crippen MR) is 109 cm³/mol. The molecule has 0 unspecified atom stereocenters. The molecule has 0 spiro atoms. The van der Waals surface area contributed by atoms with Gasteiger partial charge in [0.05, 0.1) is 20.4 Å². The van der Waals surface area contributed by atoms with Gasteiger partial charge in [0.1, 0.15) is 11.5 Å². The van der Waals surface area contributed by atoms with Crippen molar-refractivity contribution in [1.82, 2.24) is 5.43 Å². The van der Waals surface area contributed by atoms with Crippen molar-refractivity contribution in [3.63, 3.8) is 0 Å². The molecule has 2 aromatic rings. The van der Waals surface area contributed by atoms with Crippen molar-refractivity contribution in [2.45, 2.75) is 20.8 Å².